The summed E-state index contributed by atoms with van der Waals surface area (Å²) in [4.78, 5) is 3.90. The second-order valence-corrected chi connectivity index (χ2v) is 7.43. The van der Waals surface area contributed by atoms with Crippen molar-refractivity contribution in [2.75, 3.05) is 0 Å². The van der Waals surface area contributed by atoms with E-state index in [0.29, 0.717) is 11.3 Å². The Balaban J connectivity index is 1.77. The Bertz CT molecular complexity index is 1590. The van der Waals surface area contributed by atoms with E-state index in [1.807, 2.05) is 6.07 Å². The van der Waals surface area contributed by atoms with Crippen molar-refractivity contribution >= 4 is 44.0 Å². The molecule has 140 valence electrons. The summed E-state index contributed by atoms with van der Waals surface area (Å²) >= 11 is 0. The number of nitrogens with zero attached hydrogens (tertiary/aromatic N) is 3. The van der Waals surface area contributed by atoms with Gasteiger partial charge in [-0.05, 0) is 55.0 Å². The fourth-order valence-electron chi connectivity index (χ4n) is 4.36. The van der Waals surface area contributed by atoms with Crippen molar-refractivity contribution in [3.8, 4) is 5.69 Å². The zero-order valence-electron chi connectivity index (χ0n) is 16.0. The number of fused-ring (bicyclic) bond motifs is 6. The van der Waals surface area contributed by atoms with Crippen LogP contribution in [-0.4, -0.2) is 9.55 Å². The standard InChI is InChI=1S/C24H17FN3O/c1-14-12-18-16-9-10-22(25)26-23(16)29-21(18)13-20(14)28-19-8-4-3-6-15(19)17-7-5-11-27(2)24(17)28/h3-13H,1-2H3/q+1. The summed E-state index contributed by atoms with van der Waals surface area (Å²) in [6.45, 7) is 2.09. The van der Waals surface area contributed by atoms with E-state index in [1.54, 1.807) is 6.07 Å². The number of aryl methyl sites for hydroxylation is 2. The highest BCUT2D eigenvalue weighted by molar-refractivity contribution is 6.08. The largest absolute Gasteiger partial charge is 0.437 e. The molecule has 4 nitrogen and oxygen atoms in total. The van der Waals surface area contributed by atoms with E-state index in [-0.39, 0.29) is 0 Å². The Morgan fingerprint density at radius 1 is 0.931 bits per heavy atom. The van der Waals surface area contributed by atoms with Crippen molar-refractivity contribution in [2.24, 2.45) is 7.05 Å². The molecule has 5 heteroatoms. The van der Waals surface area contributed by atoms with Gasteiger partial charge in [0.25, 0.3) is 5.65 Å². The van der Waals surface area contributed by atoms with Crippen LogP contribution >= 0.6 is 0 Å². The Morgan fingerprint density at radius 3 is 2.66 bits per heavy atom. The monoisotopic (exact) mass is 382 g/mol. The van der Waals surface area contributed by atoms with Crippen LogP contribution in [0.4, 0.5) is 4.39 Å². The highest BCUT2D eigenvalue weighted by Gasteiger charge is 2.23. The van der Waals surface area contributed by atoms with Gasteiger partial charge in [-0.1, -0.05) is 12.1 Å². The van der Waals surface area contributed by atoms with Crippen molar-refractivity contribution in [2.45, 2.75) is 6.92 Å². The van der Waals surface area contributed by atoms with E-state index in [1.165, 1.54) is 16.8 Å². The smallest absolute Gasteiger partial charge is 0.294 e. The average Bonchev–Trinajstić information content (AvgIpc) is 3.23. The van der Waals surface area contributed by atoms with Gasteiger partial charge in [-0.15, -0.1) is 0 Å². The molecule has 4 aromatic heterocycles. The van der Waals surface area contributed by atoms with Crippen molar-refractivity contribution in [3.05, 3.63) is 78.4 Å². The van der Waals surface area contributed by atoms with Crippen LogP contribution in [0.3, 0.4) is 0 Å². The van der Waals surface area contributed by atoms with Gasteiger partial charge in [0.1, 0.15) is 16.8 Å². The van der Waals surface area contributed by atoms with Crippen LogP contribution in [0.5, 0.6) is 0 Å². The maximum absolute atomic E-state index is 13.6. The van der Waals surface area contributed by atoms with Gasteiger partial charge in [-0.3, -0.25) is 0 Å². The molecule has 0 saturated heterocycles. The molecule has 0 amide bonds. The second kappa shape index (κ2) is 5.64. The van der Waals surface area contributed by atoms with E-state index < -0.39 is 5.95 Å². The number of hydrogen-bond acceptors (Lipinski definition) is 2. The summed E-state index contributed by atoms with van der Waals surface area (Å²) in [6.07, 6.45) is 2.06. The molecule has 0 aliphatic heterocycles. The molecule has 6 aromatic rings. The Hall–Kier alpha value is -3.73. The zero-order valence-corrected chi connectivity index (χ0v) is 16.0. The lowest BCUT2D eigenvalue weighted by Crippen LogP contribution is -2.30. The van der Waals surface area contributed by atoms with Crippen molar-refractivity contribution < 1.29 is 13.4 Å². The first-order valence-corrected chi connectivity index (χ1v) is 9.49. The third kappa shape index (κ3) is 2.18. The van der Waals surface area contributed by atoms with E-state index in [9.17, 15) is 4.39 Å². The van der Waals surface area contributed by atoms with E-state index >= 15 is 0 Å². The Kier molecular flexibility index (Phi) is 3.16. The number of benzene rings is 2. The molecule has 0 atom stereocenters. The van der Waals surface area contributed by atoms with Crippen LogP contribution in [0, 0.1) is 12.9 Å². The molecule has 0 radical (unpaired) electrons. The first kappa shape index (κ1) is 16.2. The van der Waals surface area contributed by atoms with Gasteiger partial charge >= 0.3 is 0 Å². The molecule has 0 N–H and O–H groups in total. The van der Waals surface area contributed by atoms with Crippen molar-refractivity contribution in [1.82, 2.24) is 9.55 Å². The van der Waals surface area contributed by atoms with E-state index in [0.717, 1.165) is 33.2 Å². The molecule has 0 bridgehead atoms. The van der Waals surface area contributed by atoms with E-state index in [4.69, 9.17) is 4.42 Å². The molecule has 0 saturated carbocycles. The summed E-state index contributed by atoms with van der Waals surface area (Å²) < 4.78 is 23.9. The predicted molar refractivity (Wildman–Crippen MR) is 112 cm³/mol. The number of furan rings is 1. The minimum Gasteiger partial charge on any atom is -0.437 e. The minimum atomic E-state index is -0.539. The van der Waals surface area contributed by atoms with Gasteiger partial charge in [0.15, 0.2) is 0 Å². The predicted octanol–water partition coefficient (Wildman–Crippen LogP) is 5.35. The first-order valence-electron chi connectivity index (χ1n) is 9.49. The number of para-hydroxylation sites is 1. The molecule has 0 aliphatic carbocycles. The highest BCUT2D eigenvalue weighted by Crippen LogP contribution is 2.35. The molecule has 29 heavy (non-hydrogen) atoms. The van der Waals surface area contributed by atoms with Gasteiger partial charge in [0.2, 0.25) is 11.7 Å². The highest BCUT2D eigenvalue weighted by atomic mass is 19.1. The molecule has 0 aliphatic rings. The van der Waals surface area contributed by atoms with Crippen LogP contribution in [0.25, 0.3) is 49.7 Å². The third-order valence-corrected chi connectivity index (χ3v) is 5.66. The number of pyridine rings is 2. The summed E-state index contributed by atoms with van der Waals surface area (Å²) in [5.74, 6) is -0.539. The normalized spacial score (nSPS) is 12.0. The first-order chi connectivity index (χ1) is 14.1. The van der Waals surface area contributed by atoms with Gasteiger partial charge < -0.3 is 4.42 Å². The van der Waals surface area contributed by atoms with Gasteiger partial charge in [-0.25, -0.2) is 4.57 Å². The summed E-state index contributed by atoms with van der Waals surface area (Å²) in [5, 5.41) is 4.16. The SMILES string of the molecule is Cc1cc2c(cc1-n1c3ccccc3c3ccc[n+](C)c31)oc1nc(F)ccc12. The maximum atomic E-state index is 13.6. The number of hydrogen-bond donors (Lipinski definition) is 0. The fraction of sp³-hybridized carbons (Fsp3) is 0.0833. The van der Waals surface area contributed by atoms with Crippen molar-refractivity contribution in [3.63, 3.8) is 0 Å². The minimum absolute atomic E-state index is 0.323. The fourth-order valence-corrected chi connectivity index (χ4v) is 4.36. The lowest BCUT2D eigenvalue weighted by molar-refractivity contribution is -0.647. The van der Waals surface area contributed by atoms with E-state index in [2.05, 4.69) is 76.8 Å². The van der Waals surface area contributed by atoms with Crippen LogP contribution in [0.1, 0.15) is 5.56 Å². The molecule has 0 unspecified atom stereocenters. The van der Waals surface area contributed by atoms with Crippen LogP contribution in [-0.2, 0) is 7.05 Å². The second-order valence-electron chi connectivity index (χ2n) is 7.43. The topological polar surface area (TPSA) is 34.8 Å². The third-order valence-electron chi connectivity index (χ3n) is 5.66. The molecule has 2 aromatic carbocycles. The van der Waals surface area contributed by atoms with Gasteiger partial charge in [-0.2, -0.15) is 13.9 Å². The molecule has 4 heterocycles. The summed E-state index contributed by atoms with van der Waals surface area (Å²) in [7, 11) is 2.06. The lowest BCUT2D eigenvalue weighted by atomic mass is 10.1. The van der Waals surface area contributed by atoms with Gasteiger partial charge in [0.05, 0.1) is 18.6 Å². The molecular weight excluding hydrogens is 365 g/mol. The average molecular weight is 382 g/mol. The Morgan fingerprint density at radius 2 is 1.76 bits per heavy atom. The summed E-state index contributed by atoms with van der Waals surface area (Å²) in [5.41, 5.74) is 5.40. The van der Waals surface area contributed by atoms with Gasteiger partial charge in [0, 0.05) is 22.2 Å². The lowest BCUT2D eigenvalue weighted by Gasteiger charge is -2.06. The number of aromatic nitrogens is 3. The van der Waals surface area contributed by atoms with Crippen LogP contribution < -0.4 is 4.57 Å². The van der Waals surface area contributed by atoms with Crippen molar-refractivity contribution in [1.29, 1.82) is 0 Å². The van der Waals surface area contributed by atoms with Crippen LogP contribution in [0.2, 0.25) is 0 Å². The molecular formula is C24H17FN3O+. The number of halogens is 1. The molecule has 0 spiro atoms. The molecule has 6 rings (SSSR count). The number of rotatable bonds is 1. The summed E-state index contributed by atoms with van der Waals surface area (Å²) in [6, 6.07) is 19.8. The quantitative estimate of drug-likeness (QED) is 0.284. The maximum Gasteiger partial charge on any atom is 0.294 e. The Labute approximate surface area is 165 Å². The zero-order chi connectivity index (χ0) is 19.7. The molecule has 0 fully saturated rings. The van der Waals surface area contributed by atoms with Crippen LogP contribution in [0.15, 0.2) is 71.3 Å².